The minimum Gasteiger partial charge on any atom is -0.310 e. The summed E-state index contributed by atoms with van der Waals surface area (Å²) in [6.45, 7) is 0. The molecule has 0 saturated heterocycles. The first-order valence-corrected chi connectivity index (χ1v) is 23.2. The molecule has 0 heterocycles. The Labute approximate surface area is 391 Å². The molecule has 2 aliphatic carbocycles. The Balaban J connectivity index is 1.06. The Bertz CT molecular complexity index is 3590. The van der Waals surface area contributed by atoms with Crippen molar-refractivity contribution in [1.82, 2.24) is 0 Å². The molecule has 1 spiro atoms. The summed E-state index contributed by atoms with van der Waals surface area (Å²) in [6.07, 6.45) is 0. The van der Waals surface area contributed by atoms with E-state index in [1.807, 2.05) is 0 Å². The van der Waals surface area contributed by atoms with Gasteiger partial charge in [0, 0.05) is 33.9 Å². The van der Waals surface area contributed by atoms with E-state index in [1.54, 1.807) is 0 Å². The van der Waals surface area contributed by atoms with E-state index in [1.165, 1.54) is 77.5 Å². The first-order valence-electron chi connectivity index (χ1n) is 23.2. The molecule has 0 saturated carbocycles. The van der Waals surface area contributed by atoms with Crippen LogP contribution in [0, 0.1) is 0 Å². The predicted molar refractivity (Wildman–Crippen MR) is 280 cm³/mol. The molecule has 67 heavy (non-hydrogen) atoms. The second-order valence-electron chi connectivity index (χ2n) is 17.6. The normalized spacial score (nSPS) is 12.6. The molecule has 2 heteroatoms. The fourth-order valence-corrected chi connectivity index (χ4v) is 11.3. The molecule has 0 fully saturated rings. The third-order valence-corrected chi connectivity index (χ3v) is 14.0. The molecule has 2 nitrogen and oxygen atoms in total. The maximum absolute atomic E-state index is 2.49. The zero-order valence-electron chi connectivity index (χ0n) is 36.8. The maximum Gasteiger partial charge on any atom is 0.0726 e. The van der Waals surface area contributed by atoms with Crippen molar-refractivity contribution in [2.45, 2.75) is 5.41 Å². The monoisotopic (exact) mass is 852 g/mol. The van der Waals surface area contributed by atoms with Crippen molar-refractivity contribution in [2.24, 2.45) is 0 Å². The first kappa shape index (κ1) is 38.7. The molecular weight excluding hydrogens is 809 g/mol. The lowest BCUT2D eigenvalue weighted by Crippen LogP contribution is -2.26. The number of benzene rings is 11. The van der Waals surface area contributed by atoms with E-state index < -0.39 is 5.41 Å². The number of anilines is 6. The molecule has 0 radical (unpaired) electrons. The van der Waals surface area contributed by atoms with Gasteiger partial charge in [-0.05, 0) is 121 Å². The molecule has 11 aromatic carbocycles. The topological polar surface area (TPSA) is 6.48 Å². The average Bonchev–Trinajstić information content (AvgIpc) is 3.88. The Hall–Kier alpha value is -8.72. The van der Waals surface area contributed by atoms with Crippen molar-refractivity contribution < 1.29 is 0 Å². The average molecular weight is 853 g/mol. The van der Waals surface area contributed by atoms with Crippen LogP contribution in [0.3, 0.4) is 0 Å². The van der Waals surface area contributed by atoms with Gasteiger partial charge in [-0.25, -0.2) is 0 Å². The molecule has 314 valence electrons. The second kappa shape index (κ2) is 15.8. The number of hydrogen-bond acceptors (Lipinski definition) is 2. The molecule has 0 bridgehead atoms. The molecular formula is C65H44N2. The Morgan fingerprint density at radius 3 is 1.36 bits per heavy atom. The fraction of sp³-hybridized carbons (Fsp3) is 0.0154. The third kappa shape index (κ3) is 6.04. The van der Waals surface area contributed by atoms with E-state index in [-0.39, 0.29) is 0 Å². The van der Waals surface area contributed by atoms with Gasteiger partial charge in [0.05, 0.1) is 16.8 Å². The van der Waals surface area contributed by atoms with Gasteiger partial charge in [0.2, 0.25) is 0 Å². The molecule has 0 amide bonds. The second-order valence-corrected chi connectivity index (χ2v) is 17.6. The molecule has 0 unspecified atom stereocenters. The third-order valence-electron chi connectivity index (χ3n) is 14.0. The van der Waals surface area contributed by atoms with Crippen molar-refractivity contribution in [1.29, 1.82) is 0 Å². The molecule has 0 atom stereocenters. The van der Waals surface area contributed by atoms with Crippen molar-refractivity contribution in [3.05, 3.63) is 289 Å². The van der Waals surface area contributed by atoms with Gasteiger partial charge >= 0.3 is 0 Å². The van der Waals surface area contributed by atoms with E-state index in [0.29, 0.717) is 0 Å². The summed E-state index contributed by atoms with van der Waals surface area (Å²) in [7, 11) is 0. The van der Waals surface area contributed by atoms with Gasteiger partial charge in [-0.15, -0.1) is 0 Å². The van der Waals surface area contributed by atoms with Crippen molar-refractivity contribution in [2.75, 3.05) is 9.80 Å². The summed E-state index contributed by atoms with van der Waals surface area (Å²) in [5.41, 5.74) is 21.2. The van der Waals surface area contributed by atoms with Gasteiger partial charge in [-0.2, -0.15) is 0 Å². The van der Waals surface area contributed by atoms with E-state index in [0.717, 1.165) is 34.1 Å². The highest BCUT2D eigenvalue weighted by Crippen LogP contribution is 2.64. The fourth-order valence-electron chi connectivity index (χ4n) is 11.3. The summed E-state index contributed by atoms with van der Waals surface area (Å²) in [6, 6.07) is 98.0. The zero-order valence-corrected chi connectivity index (χ0v) is 36.8. The van der Waals surface area contributed by atoms with Gasteiger partial charge in [0.25, 0.3) is 0 Å². The van der Waals surface area contributed by atoms with Crippen LogP contribution in [0.4, 0.5) is 34.1 Å². The lowest BCUT2D eigenvalue weighted by atomic mass is 9.70. The minimum atomic E-state index is -0.464. The highest BCUT2D eigenvalue weighted by molar-refractivity contribution is 6.06. The number of rotatable bonds is 8. The van der Waals surface area contributed by atoms with Crippen molar-refractivity contribution >= 4 is 44.9 Å². The molecule has 0 N–H and O–H groups in total. The van der Waals surface area contributed by atoms with Crippen LogP contribution in [-0.4, -0.2) is 0 Å². The first-order chi connectivity index (χ1) is 33.3. The number of hydrogen-bond donors (Lipinski definition) is 0. The van der Waals surface area contributed by atoms with Gasteiger partial charge in [-0.3, -0.25) is 0 Å². The minimum absolute atomic E-state index is 0.464. The summed E-state index contributed by atoms with van der Waals surface area (Å²) < 4.78 is 0. The van der Waals surface area contributed by atoms with Crippen molar-refractivity contribution in [3.8, 4) is 44.5 Å². The van der Waals surface area contributed by atoms with Gasteiger partial charge in [-0.1, -0.05) is 212 Å². The van der Waals surface area contributed by atoms with Crippen LogP contribution >= 0.6 is 0 Å². The zero-order chi connectivity index (χ0) is 44.3. The Kier molecular flexibility index (Phi) is 9.11. The van der Waals surface area contributed by atoms with Crippen LogP contribution in [0.25, 0.3) is 55.3 Å². The molecule has 13 rings (SSSR count). The smallest absolute Gasteiger partial charge is 0.0726 e. The summed E-state index contributed by atoms with van der Waals surface area (Å²) >= 11 is 0. The van der Waals surface area contributed by atoms with E-state index in [4.69, 9.17) is 0 Å². The van der Waals surface area contributed by atoms with Gasteiger partial charge in [0.15, 0.2) is 0 Å². The van der Waals surface area contributed by atoms with E-state index >= 15 is 0 Å². The van der Waals surface area contributed by atoms with Crippen LogP contribution in [0.15, 0.2) is 267 Å². The molecule has 0 aliphatic heterocycles. The lowest BCUT2D eigenvalue weighted by Gasteiger charge is -2.33. The predicted octanol–water partition coefficient (Wildman–Crippen LogP) is 17.5. The van der Waals surface area contributed by atoms with Crippen molar-refractivity contribution in [3.63, 3.8) is 0 Å². The van der Waals surface area contributed by atoms with Crippen LogP contribution < -0.4 is 9.80 Å². The SMILES string of the molecule is c1ccc(-c2ccc(N(c3cccc(N(c4ccccc4)c4ccc5ccccc5c4-c4ccccc4)c3)c3cccc4c3-c3ccccc3C43c4ccccc4-c4ccccc43)cc2)cc1. The van der Waals surface area contributed by atoms with Crippen LogP contribution in [0.1, 0.15) is 22.3 Å². The standard InChI is InChI=1S/C65H44N2/c1-4-20-45(21-5-1)46-38-41-50(42-39-46)67(61-37-19-36-60-64(61)56-32-14-17-35-59(56)65(60)57-33-15-12-30-54(57)55-31-13-16-34-58(55)65)52-28-18-27-51(44-52)66(49-25-8-3-9-26-49)62-43-40-47-22-10-11-29-53(47)63(62)48-23-6-2-7-24-48/h1-44H. The number of fused-ring (bicyclic) bond motifs is 11. The largest absolute Gasteiger partial charge is 0.310 e. The summed E-state index contributed by atoms with van der Waals surface area (Å²) in [4.78, 5) is 4.92. The molecule has 11 aromatic rings. The lowest BCUT2D eigenvalue weighted by molar-refractivity contribution is 0.794. The maximum atomic E-state index is 2.49. The number of nitrogens with zero attached hydrogens (tertiary/aromatic N) is 2. The summed E-state index contributed by atoms with van der Waals surface area (Å²) in [5.74, 6) is 0. The molecule has 0 aromatic heterocycles. The Morgan fingerprint density at radius 2 is 0.701 bits per heavy atom. The van der Waals surface area contributed by atoms with Gasteiger partial charge in [0.1, 0.15) is 0 Å². The quantitative estimate of drug-likeness (QED) is 0.150. The van der Waals surface area contributed by atoms with Crippen LogP contribution in [0.5, 0.6) is 0 Å². The molecule has 2 aliphatic rings. The number of para-hydroxylation sites is 1. The van der Waals surface area contributed by atoms with Crippen LogP contribution in [0.2, 0.25) is 0 Å². The van der Waals surface area contributed by atoms with E-state index in [2.05, 4.69) is 277 Å². The highest BCUT2D eigenvalue weighted by Gasteiger charge is 2.52. The van der Waals surface area contributed by atoms with Gasteiger partial charge < -0.3 is 9.80 Å². The Morgan fingerprint density at radius 1 is 0.254 bits per heavy atom. The van der Waals surface area contributed by atoms with E-state index in [9.17, 15) is 0 Å². The highest BCUT2D eigenvalue weighted by atomic mass is 15.2. The van der Waals surface area contributed by atoms with Crippen LogP contribution in [-0.2, 0) is 5.41 Å². The summed E-state index contributed by atoms with van der Waals surface area (Å²) in [5, 5.41) is 2.42.